The minimum Gasteiger partial charge on any atom is -0.494 e. The number of likely N-dealkylation sites (tertiary alicyclic amines) is 1. The number of pyridine rings is 1. The van der Waals surface area contributed by atoms with Gasteiger partial charge in [0, 0.05) is 37.1 Å². The highest BCUT2D eigenvalue weighted by Crippen LogP contribution is 2.38. The minimum absolute atomic E-state index is 0.0293. The van der Waals surface area contributed by atoms with Gasteiger partial charge >= 0.3 is 0 Å². The maximum Gasteiger partial charge on any atom is 0.254 e. The van der Waals surface area contributed by atoms with Gasteiger partial charge in [0.2, 0.25) is 0 Å². The van der Waals surface area contributed by atoms with Gasteiger partial charge in [0.15, 0.2) is 5.82 Å². The molecule has 1 aliphatic heterocycles. The molecular formula is C30H37FN6O3. The van der Waals surface area contributed by atoms with Crippen LogP contribution < -0.4 is 10.5 Å². The van der Waals surface area contributed by atoms with Crippen molar-refractivity contribution in [3.05, 3.63) is 41.6 Å². The van der Waals surface area contributed by atoms with Crippen LogP contribution in [-0.2, 0) is 19.2 Å². The molecule has 1 saturated carbocycles. The van der Waals surface area contributed by atoms with Crippen molar-refractivity contribution in [2.75, 3.05) is 20.2 Å². The third kappa shape index (κ3) is 4.62. The number of rotatable bonds is 7. The molecule has 4 aromatic rings. The Morgan fingerprint density at radius 2 is 2.00 bits per heavy atom. The lowest BCUT2D eigenvalue weighted by atomic mass is 9.98. The predicted octanol–water partition coefficient (Wildman–Crippen LogP) is 4.14. The number of carbonyl (C=O) groups is 1. The number of aliphatic hydroxyl groups is 1. The Labute approximate surface area is 232 Å². The highest BCUT2D eigenvalue weighted by molar-refractivity contribution is 6.00. The average molecular weight is 549 g/mol. The first kappa shape index (κ1) is 26.7. The number of piperidine rings is 1. The molecule has 1 unspecified atom stereocenters. The number of fused-ring (bicyclic) bond motifs is 2. The highest BCUT2D eigenvalue weighted by Gasteiger charge is 2.31. The second-order valence-electron chi connectivity index (χ2n) is 11.7. The fourth-order valence-corrected chi connectivity index (χ4v) is 5.78. The second kappa shape index (κ2) is 9.85. The zero-order valence-corrected chi connectivity index (χ0v) is 23.5. The van der Waals surface area contributed by atoms with Gasteiger partial charge in [-0.05, 0) is 68.9 Å². The second-order valence-corrected chi connectivity index (χ2v) is 11.7. The van der Waals surface area contributed by atoms with Crippen molar-refractivity contribution in [3.63, 3.8) is 0 Å². The Kier molecular flexibility index (Phi) is 6.58. The molecule has 1 amide bonds. The van der Waals surface area contributed by atoms with E-state index in [2.05, 4.69) is 10.6 Å². The number of aromatic nitrogens is 4. The number of carbonyl (C=O) groups excluding carboxylic acids is 1. The molecule has 3 N–H and O–H groups in total. The first-order chi connectivity index (χ1) is 19.1. The lowest BCUT2D eigenvalue weighted by Crippen LogP contribution is -2.50. The van der Waals surface area contributed by atoms with E-state index in [1.807, 2.05) is 30.7 Å². The smallest absolute Gasteiger partial charge is 0.254 e. The number of imidazole rings is 1. The molecule has 3 atom stereocenters. The number of nitrogens with two attached hydrogens (primary N) is 1. The van der Waals surface area contributed by atoms with Crippen LogP contribution >= 0.6 is 0 Å². The summed E-state index contributed by atoms with van der Waals surface area (Å²) >= 11 is 0. The summed E-state index contributed by atoms with van der Waals surface area (Å²) < 4.78 is 24.1. The van der Waals surface area contributed by atoms with E-state index in [1.54, 1.807) is 26.2 Å². The molecule has 2 fully saturated rings. The Balaban J connectivity index is 1.47. The van der Waals surface area contributed by atoms with E-state index >= 15 is 0 Å². The minimum atomic E-state index is -1.14. The van der Waals surface area contributed by atoms with Gasteiger partial charge in [-0.25, -0.2) is 14.4 Å². The standard InChI is InChI=1S/C30H37FN6O3/c1-5-30(2,39)25-9-8-18-11-23(37(27(18)34-25)14-17-6-7-17)28-33-22-10-19(12-24(40-4)26(22)35(28)3)29(38)36-15-20(31)13-21(32)16-36/h8-12,17,20-21,39H,5-7,13-16,32H2,1-4H3/t20-,21-,30?/m1/s1. The highest BCUT2D eigenvalue weighted by atomic mass is 19.1. The van der Waals surface area contributed by atoms with Gasteiger partial charge in [-0.15, -0.1) is 0 Å². The topological polar surface area (TPSA) is 111 Å². The molecule has 6 rings (SSSR count). The summed E-state index contributed by atoms with van der Waals surface area (Å²) in [7, 11) is 3.51. The number of ether oxygens (including phenoxy) is 1. The molecular weight excluding hydrogens is 511 g/mol. The normalized spacial score (nSPS) is 21.2. The predicted molar refractivity (Wildman–Crippen MR) is 152 cm³/mol. The summed E-state index contributed by atoms with van der Waals surface area (Å²) in [6.07, 6.45) is 2.03. The van der Waals surface area contributed by atoms with Crippen LogP contribution in [0.1, 0.15) is 55.6 Å². The number of alkyl halides is 1. The molecule has 0 spiro atoms. The van der Waals surface area contributed by atoms with Crippen LogP contribution in [0.15, 0.2) is 30.3 Å². The maximum absolute atomic E-state index is 14.2. The number of hydrogen-bond donors (Lipinski definition) is 2. The lowest BCUT2D eigenvalue weighted by molar-refractivity contribution is 0.0488. The largest absolute Gasteiger partial charge is 0.494 e. The van der Waals surface area contributed by atoms with Crippen LogP contribution in [0.2, 0.25) is 0 Å². The molecule has 1 saturated heterocycles. The van der Waals surface area contributed by atoms with Crippen LogP contribution in [0.25, 0.3) is 33.6 Å². The lowest BCUT2D eigenvalue weighted by Gasteiger charge is -2.33. The van der Waals surface area contributed by atoms with Gasteiger partial charge < -0.3 is 29.6 Å². The van der Waals surface area contributed by atoms with E-state index in [9.17, 15) is 14.3 Å². The van der Waals surface area contributed by atoms with Crippen LogP contribution in [0.3, 0.4) is 0 Å². The van der Waals surface area contributed by atoms with Gasteiger partial charge in [0.05, 0.1) is 30.6 Å². The van der Waals surface area contributed by atoms with Gasteiger partial charge in [0.25, 0.3) is 5.91 Å². The van der Waals surface area contributed by atoms with Crippen molar-refractivity contribution in [2.24, 2.45) is 18.7 Å². The van der Waals surface area contributed by atoms with Crippen LogP contribution in [0, 0.1) is 5.92 Å². The van der Waals surface area contributed by atoms with E-state index in [0.29, 0.717) is 41.4 Å². The Bertz CT molecular complexity index is 1590. The number of aryl methyl sites for hydroxylation is 1. The molecule has 2 aliphatic rings. The van der Waals surface area contributed by atoms with Crippen LogP contribution in [0.4, 0.5) is 4.39 Å². The number of hydrogen-bond acceptors (Lipinski definition) is 6. The van der Waals surface area contributed by atoms with Crippen LogP contribution in [0.5, 0.6) is 5.75 Å². The maximum atomic E-state index is 14.2. The summed E-state index contributed by atoms with van der Waals surface area (Å²) in [6, 6.07) is 9.05. The van der Waals surface area contributed by atoms with Gasteiger partial charge in [-0.3, -0.25) is 4.79 Å². The number of halogens is 1. The first-order valence-corrected chi connectivity index (χ1v) is 14.1. The Morgan fingerprint density at radius 1 is 1.23 bits per heavy atom. The fraction of sp³-hybridized carbons (Fsp3) is 0.500. The first-order valence-electron chi connectivity index (χ1n) is 14.1. The molecule has 3 aromatic heterocycles. The summed E-state index contributed by atoms with van der Waals surface area (Å²) in [5.74, 6) is 1.54. The Hall–Kier alpha value is -3.50. The number of amides is 1. The summed E-state index contributed by atoms with van der Waals surface area (Å²) in [5, 5.41) is 11.9. The summed E-state index contributed by atoms with van der Waals surface area (Å²) in [4.78, 5) is 24.8. The molecule has 4 heterocycles. The van der Waals surface area contributed by atoms with E-state index < -0.39 is 11.8 Å². The molecule has 40 heavy (non-hydrogen) atoms. The van der Waals surface area contributed by atoms with Crippen molar-refractivity contribution in [1.29, 1.82) is 0 Å². The van der Waals surface area contributed by atoms with Gasteiger partial charge in [-0.2, -0.15) is 0 Å². The summed E-state index contributed by atoms with van der Waals surface area (Å²) in [6.45, 7) is 4.89. The molecule has 9 nitrogen and oxygen atoms in total. The zero-order valence-electron chi connectivity index (χ0n) is 23.5. The number of nitrogens with zero attached hydrogens (tertiary/aromatic N) is 5. The van der Waals surface area contributed by atoms with E-state index in [4.69, 9.17) is 20.4 Å². The van der Waals surface area contributed by atoms with Crippen molar-refractivity contribution in [3.8, 4) is 17.3 Å². The van der Waals surface area contributed by atoms with Crippen molar-refractivity contribution < 1.29 is 19.0 Å². The van der Waals surface area contributed by atoms with E-state index in [0.717, 1.165) is 34.6 Å². The third-order valence-corrected chi connectivity index (χ3v) is 8.47. The average Bonchev–Trinajstić information content (AvgIpc) is 3.60. The molecule has 0 radical (unpaired) electrons. The third-order valence-electron chi connectivity index (χ3n) is 8.47. The Morgan fingerprint density at radius 3 is 2.67 bits per heavy atom. The SMILES string of the molecule is CCC(C)(O)c1ccc2cc(-c3nc4cc(C(=O)N5C[C@H](N)C[C@@H](F)C5)cc(OC)c4n3C)n(CC3CC3)c2n1. The zero-order chi connectivity index (χ0) is 28.3. The number of benzene rings is 1. The molecule has 0 bridgehead atoms. The quantitative estimate of drug-likeness (QED) is 0.359. The van der Waals surface area contributed by atoms with Gasteiger partial charge in [0.1, 0.15) is 28.7 Å². The van der Waals surface area contributed by atoms with Crippen molar-refractivity contribution in [2.45, 2.75) is 63.9 Å². The monoisotopic (exact) mass is 548 g/mol. The number of methoxy groups -OCH3 is 1. The van der Waals surface area contributed by atoms with Crippen molar-refractivity contribution in [1.82, 2.24) is 24.0 Å². The van der Waals surface area contributed by atoms with Crippen LogP contribution in [-0.4, -0.2) is 67.4 Å². The fourth-order valence-electron chi connectivity index (χ4n) is 5.78. The molecule has 10 heteroatoms. The van der Waals surface area contributed by atoms with E-state index in [-0.39, 0.29) is 24.9 Å². The van der Waals surface area contributed by atoms with Crippen molar-refractivity contribution >= 4 is 28.0 Å². The summed E-state index contributed by atoms with van der Waals surface area (Å²) in [5.41, 5.74) is 9.13. The van der Waals surface area contributed by atoms with Gasteiger partial charge in [-0.1, -0.05) is 6.92 Å². The molecule has 1 aliphatic carbocycles. The van der Waals surface area contributed by atoms with E-state index in [1.165, 1.54) is 17.7 Å². The molecule has 1 aromatic carbocycles. The molecule has 212 valence electrons.